The summed E-state index contributed by atoms with van der Waals surface area (Å²) < 4.78 is 0. The summed E-state index contributed by atoms with van der Waals surface area (Å²) in [6.07, 6.45) is 0. The van der Waals surface area contributed by atoms with E-state index in [0.29, 0.717) is 0 Å². The van der Waals surface area contributed by atoms with Gasteiger partial charge in [-0.2, -0.15) is 0 Å². The molecule has 0 saturated carbocycles. The molecular formula is C20H35N5. The molecule has 1 aromatic rings. The van der Waals surface area contributed by atoms with Crippen molar-refractivity contribution in [3.8, 4) is 0 Å². The zero-order valence-corrected chi connectivity index (χ0v) is 16.4. The van der Waals surface area contributed by atoms with E-state index in [1.54, 1.807) is 0 Å². The summed E-state index contributed by atoms with van der Waals surface area (Å²) in [4.78, 5) is 9.40. The molecule has 0 atom stereocenters. The van der Waals surface area contributed by atoms with Gasteiger partial charge in [-0.1, -0.05) is 51.1 Å². The molecule has 0 radical (unpaired) electrons. The molecule has 1 saturated heterocycles. The number of benzene rings is 1. The number of hydrogen-bond acceptors (Lipinski definition) is 3. The monoisotopic (exact) mass is 345 g/mol. The molecule has 1 heterocycles. The largest absolute Gasteiger partial charge is 0.356 e. The second-order valence-electron chi connectivity index (χ2n) is 7.38. The highest BCUT2D eigenvalue weighted by atomic mass is 15.3. The lowest BCUT2D eigenvalue weighted by atomic mass is 9.85. The minimum Gasteiger partial charge on any atom is -0.356 e. The zero-order chi connectivity index (χ0) is 18.1. The van der Waals surface area contributed by atoms with Crippen LogP contribution in [-0.2, 0) is 5.41 Å². The second kappa shape index (κ2) is 9.78. The Kier molecular flexibility index (Phi) is 7.72. The van der Waals surface area contributed by atoms with Crippen LogP contribution in [0.25, 0.3) is 0 Å². The fraction of sp³-hybridized carbons (Fsp3) is 0.650. The van der Waals surface area contributed by atoms with Crippen LogP contribution in [0.1, 0.15) is 26.3 Å². The first-order valence-corrected chi connectivity index (χ1v) is 9.50. The van der Waals surface area contributed by atoms with Crippen molar-refractivity contribution in [2.45, 2.75) is 26.2 Å². The van der Waals surface area contributed by atoms with Gasteiger partial charge in [0.1, 0.15) is 0 Å². The Morgan fingerprint density at radius 1 is 1.04 bits per heavy atom. The van der Waals surface area contributed by atoms with Crippen LogP contribution < -0.4 is 10.6 Å². The smallest absolute Gasteiger partial charge is 0.191 e. The third-order valence-corrected chi connectivity index (χ3v) is 5.11. The lowest BCUT2D eigenvalue weighted by molar-refractivity contribution is 0.139. The predicted octanol–water partition coefficient (Wildman–Crippen LogP) is 1.77. The van der Waals surface area contributed by atoms with Crippen molar-refractivity contribution in [3.05, 3.63) is 35.9 Å². The fourth-order valence-corrected chi connectivity index (χ4v) is 3.18. The first kappa shape index (κ1) is 19.7. The molecule has 25 heavy (non-hydrogen) atoms. The highest BCUT2D eigenvalue weighted by Crippen LogP contribution is 2.21. The lowest BCUT2D eigenvalue weighted by Crippen LogP contribution is -2.49. The maximum Gasteiger partial charge on any atom is 0.191 e. The van der Waals surface area contributed by atoms with E-state index in [0.717, 1.165) is 25.6 Å². The summed E-state index contributed by atoms with van der Waals surface area (Å²) in [7, 11) is 1.84. The minimum atomic E-state index is 0.0648. The molecule has 2 N–H and O–H groups in total. The van der Waals surface area contributed by atoms with Crippen LogP contribution in [0, 0.1) is 0 Å². The van der Waals surface area contributed by atoms with E-state index in [9.17, 15) is 0 Å². The third kappa shape index (κ3) is 6.33. The topological polar surface area (TPSA) is 42.9 Å². The van der Waals surface area contributed by atoms with Gasteiger partial charge in [0.05, 0.1) is 0 Å². The third-order valence-electron chi connectivity index (χ3n) is 5.11. The van der Waals surface area contributed by atoms with Crippen molar-refractivity contribution < 1.29 is 0 Å². The van der Waals surface area contributed by atoms with Crippen LogP contribution in [-0.4, -0.2) is 75.2 Å². The number of nitrogens with one attached hydrogen (secondary N) is 2. The standard InChI is InChI=1S/C20H35N5/c1-5-24-13-15-25(16-14-24)12-11-22-19(21-4)23-17-20(2,3)18-9-7-6-8-10-18/h6-10H,5,11-17H2,1-4H3,(H2,21,22,23). The SMILES string of the molecule is CCN1CCN(CCNC(=NC)NCC(C)(C)c2ccccc2)CC1. The average molecular weight is 346 g/mol. The van der Waals surface area contributed by atoms with E-state index in [1.165, 1.54) is 38.3 Å². The normalized spacial score (nSPS) is 17.5. The molecule has 1 aromatic carbocycles. The van der Waals surface area contributed by atoms with E-state index >= 15 is 0 Å². The number of likely N-dealkylation sites (N-methyl/N-ethyl adjacent to an activating group) is 1. The first-order chi connectivity index (χ1) is 12.0. The Morgan fingerprint density at radius 2 is 1.68 bits per heavy atom. The Morgan fingerprint density at radius 3 is 2.28 bits per heavy atom. The molecule has 0 spiro atoms. The number of piperazine rings is 1. The van der Waals surface area contributed by atoms with E-state index < -0.39 is 0 Å². The molecule has 1 aliphatic heterocycles. The van der Waals surface area contributed by atoms with Crippen LogP contribution in [0.4, 0.5) is 0 Å². The quantitative estimate of drug-likeness (QED) is 0.584. The molecule has 0 aromatic heterocycles. The minimum absolute atomic E-state index is 0.0648. The van der Waals surface area contributed by atoms with Crippen LogP contribution in [0.5, 0.6) is 0 Å². The summed E-state index contributed by atoms with van der Waals surface area (Å²) >= 11 is 0. The van der Waals surface area contributed by atoms with E-state index in [2.05, 4.69) is 76.5 Å². The molecule has 2 rings (SSSR count). The highest BCUT2D eigenvalue weighted by molar-refractivity contribution is 5.79. The molecule has 1 aliphatic rings. The van der Waals surface area contributed by atoms with Crippen molar-refractivity contribution in [1.82, 2.24) is 20.4 Å². The summed E-state index contributed by atoms with van der Waals surface area (Å²) in [6, 6.07) is 10.6. The summed E-state index contributed by atoms with van der Waals surface area (Å²) in [5, 5.41) is 6.92. The van der Waals surface area contributed by atoms with E-state index in [-0.39, 0.29) is 5.41 Å². The Labute approximate surface area is 153 Å². The van der Waals surface area contributed by atoms with Crippen molar-refractivity contribution in [1.29, 1.82) is 0 Å². The Hall–Kier alpha value is -1.59. The number of nitrogens with zero attached hydrogens (tertiary/aromatic N) is 3. The van der Waals surface area contributed by atoms with Gasteiger partial charge in [0.25, 0.3) is 0 Å². The van der Waals surface area contributed by atoms with Crippen LogP contribution in [0.2, 0.25) is 0 Å². The Balaban J connectivity index is 1.70. The van der Waals surface area contributed by atoms with Crippen LogP contribution in [0.15, 0.2) is 35.3 Å². The molecular weight excluding hydrogens is 310 g/mol. The summed E-state index contributed by atoms with van der Waals surface area (Å²) in [5.74, 6) is 0.885. The van der Waals surface area contributed by atoms with Gasteiger partial charge >= 0.3 is 0 Å². The van der Waals surface area contributed by atoms with E-state index in [4.69, 9.17) is 0 Å². The van der Waals surface area contributed by atoms with Crippen molar-refractivity contribution in [3.63, 3.8) is 0 Å². The second-order valence-corrected chi connectivity index (χ2v) is 7.38. The van der Waals surface area contributed by atoms with Gasteiger partial charge < -0.3 is 15.5 Å². The van der Waals surface area contributed by atoms with Gasteiger partial charge in [-0.3, -0.25) is 9.89 Å². The van der Waals surface area contributed by atoms with Crippen molar-refractivity contribution in [2.75, 3.05) is 59.4 Å². The molecule has 0 amide bonds. The number of rotatable bonds is 7. The average Bonchev–Trinajstić information content (AvgIpc) is 2.65. The van der Waals surface area contributed by atoms with Gasteiger partial charge in [-0.15, -0.1) is 0 Å². The lowest BCUT2D eigenvalue weighted by Gasteiger charge is -2.34. The van der Waals surface area contributed by atoms with Gasteiger partial charge in [-0.25, -0.2) is 0 Å². The van der Waals surface area contributed by atoms with Gasteiger partial charge in [0, 0.05) is 58.3 Å². The van der Waals surface area contributed by atoms with E-state index in [1.807, 2.05) is 7.05 Å². The van der Waals surface area contributed by atoms with Gasteiger partial charge in [0.15, 0.2) is 5.96 Å². The molecule has 0 bridgehead atoms. The fourth-order valence-electron chi connectivity index (χ4n) is 3.18. The summed E-state index contributed by atoms with van der Waals surface area (Å²) in [5.41, 5.74) is 1.40. The zero-order valence-electron chi connectivity index (χ0n) is 16.4. The molecule has 5 heteroatoms. The molecule has 140 valence electrons. The summed E-state index contributed by atoms with van der Waals surface area (Å²) in [6.45, 7) is 15.5. The number of guanidine groups is 1. The van der Waals surface area contributed by atoms with Crippen molar-refractivity contribution in [2.24, 2.45) is 4.99 Å². The predicted molar refractivity (Wildman–Crippen MR) is 107 cm³/mol. The maximum absolute atomic E-state index is 4.36. The number of aliphatic imine (C=N–C) groups is 1. The Bertz CT molecular complexity index is 518. The molecule has 5 nitrogen and oxygen atoms in total. The first-order valence-electron chi connectivity index (χ1n) is 9.50. The molecule has 0 aliphatic carbocycles. The van der Waals surface area contributed by atoms with Crippen LogP contribution >= 0.6 is 0 Å². The maximum atomic E-state index is 4.36. The molecule has 1 fully saturated rings. The van der Waals surface area contributed by atoms with Crippen LogP contribution in [0.3, 0.4) is 0 Å². The van der Waals surface area contributed by atoms with Gasteiger partial charge in [-0.05, 0) is 12.1 Å². The van der Waals surface area contributed by atoms with Gasteiger partial charge in [0.2, 0.25) is 0 Å². The molecule has 0 unspecified atom stereocenters. The number of hydrogen-bond donors (Lipinski definition) is 2. The van der Waals surface area contributed by atoms with Crippen molar-refractivity contribution >= 4 is 5.96 Å². The highest BCUT2D eigenvalue weighted by Gasteiger charge is 2.20.